The Labute approximate surface area is 141 Å². The van der Waals surface area contributed by atoms with Crippen molar-refractivity contribution in [3.05, 3.63) is 48.3 Å². The maximum absolute atomic E-state index is 4.82. The van der Waals surface area contributed by atoms with Crippen LogP contribution in [0, 0.1) is 0 Å². The molecule has 3 aromatic rings. The largest absolute Gasteiger partial charge is 0.366 e. The fourth-order valence-electron chi connectivity index (χ4n) is 3.49. The summed E-state index contributed by atoms with van der Waals surface area (Å²) >= 11 is 0. The topological polar surface area (TPSA) is 54.2 Å². The highest BCUT2D eigenvalue weighted by Crippen LogP contribution is 2.40. The zero-order chi connectivity index (χ0) is 15.9. The molecule has 5 heteroatoms. The van der Waals surface area contributed by atoms with Gasteiger partial charge in [-0.2, -0.15) is 0 Å². The van der Waals surface area contributed by atoms with E-state index in [1.165, 1.54) is 18.4 Å². The van der Waals surface area contributed by atoms with Gasteiger partial charge >= 0.3 is 0 Å². The minimum Gasteiger partial charge on any atom is -0.366 e. The van der Waals surface area contributed by atoms with Crippen LogP contribution in [0.15, 0.2) is 42.7 Å². The number of hydrogen-bond acceptors (Lipinski definition) is 4. The summed E-state index contributed by atoms with van der Waals surface area (Å²) < 4.78 is 2.18. The molecule has 1 saturated carbocycles. The summed E-state index contributed by atoms with van der Waals surface area (Å²) in [6, 6.07) is 11.0. The second-order valence-electron chi connectivity index (χ2n) is 6.85. The normalized spacial score (nSPS) is 20.6. The molecule has 2 N–H and O–H groups in total. The predicted molar refractivity (Wildman–Crippen MR) is 95.3 cm³/mol. The molecule has 1 atom stereocenters. The first-order valence-electron chi connectivity index (χ1n) is 8.78. The number of nitrogens with one attached hydrogen (secondary N) is 2. The van der Waals surface area contributed by atoms with Crippen LogP contribution in [0.4, 0.5) is 5.82 Å². The predicted octanol–water partition coefficient (Wildman–Crippen LogP) is 3.05. The van der Waals surface area contributed by atoms with E-state index < -0.39 is 0 Å². The fraction of sp³-hybridized carbons (Fsp3) is 0.368. The van der Waals surface area contributed by atoms with Gasteiger partial charge < -0.3 is 10.6 Å². The molecule has 5 rings (SSSR count). The average Bonchev–Trinajstić information content (AvgIpc) is 3.17. The third kappa shape index (κ3) is 2.55. The first kappa shape index (κ1) is 14.0. The first-order valence-corrected chi connectivity index (χ1v) is 8.78. The van der Waals surface area contributed by atoms with Crippen molar-refractivity contribution in [3.8, 4) is 11.4 Å². The van der Waals surface area contributed by atoms with Gasteiger partial charge in [0.15, 0.2) is 0 Å². The molecule has 0 spiro atoms. The van der Waals surface area contributed by atoms with E-state index in [0.717, 1.165) is 48.3 Å². The van der Waals surface area contributed by atoms with Gasteiger partial charge in [-0.25, -0.2) is 9.97 Å². The van der Waals surface area contributed by atoms with Crippen LogP contribution in [-0.2, 0) is 0 Å². The van der Waals surface area contributed by atoms with Crippen LogP contribution < -0.4 is 10.6 Å². The monoisotopic (exact) mass is 319 g/mol. The van der Waals surface area contributed by atoms with Gasteiger partial charge in [0.2, 0.25) is 0 Å². The number of rotatable bonds is 4. The Kier molecular flexibility index (Phi) is 3.26. The highest BCUT2D eigenvalue weighted by molar-refractivity contribution is 5.62. The third-order valence-electron chi connectivity index (χ3n) is 5.00. The van der Waals surface area contributed by atoms with Gasteiger partial charge in [-0.15, -0.1) is 0 Å². The van der Waals surface area contributed by atoms with Crippen molar-refractivity contribution in [3.63, 3.8) is 0 Å². The SMILES string of the molecule is c1cc(NC2CCNC2)nc(-c2cnc3ccc(C4CC4)cn23)c1. The van der Waals surface area contributed by atoms with Gasteiger partial charge in [-0.1, -0.05) is 12.1 Å². The van der Waals surface area contributed by atoms with E-state index in [1.807, 2.05) is 12.3 Å². The van der Waals surface area contributed by atoms with Gasteiger partial charge in [-0.3, -0.25) is 4.40 Å². The van der Waals surface area contributed by atoms with Gasteiger partial charge in [0.1, 0.15) is 11.5 Å². The van der Waals surface area contributed by atoms with Crippen LogP contribution in [0.1, 0.15) is 30.7 Å². The summed E-state index contributed by atoms with van der Waals surface area (Å²) in [5, 5.41) is 6.90. The molecule has 5 nitrogen and oxygen atoms in total. The zero-order valence-corrected chi connectivity index (χ0v) is 13.6. The molecule has 2 fully saturated rings. The summed E-state index contributed by atoms with van der Waals surface area (Å²) in [5.41, 5.74) is 4.41. The van der Waals surface area contributed by atoms with Crippen LogP contribution in [0.25, 0.3) is 17.0 Å². The molecule has 2 aliphatic rings. The average molecular weight is 319 g/mol. The van der Waals surface area contributed by atoms with Crippen molar-refractivity contribution in [2.45, 2.75) is 31.2 Å². The lowest BCUT2D eigenvalue weighted by molar-refractivity contribution is 0.788. The summed E-state index contributed by atoms with van der Waals surface area (Å²) in [6.07, 6.45) is 7.92. The van der Waals surface area contributed by atoms with Crippen LogP contribution in [-0.4, -0.2) is 33.5 Å². The van der Waals surface area contributed by atoms with Crippen molar-refractivity contribution in [1.82, 2.24) is 19.7 Å². The van der Waals surface area contributed by atoms with E-state index in [4.69, 9.17) is 4.98 Å². The summed E-state index contributed by atoms with van der Waals surface area (Å²) in [7, 11) is 0. The quantitative estimate of drug-likeness (QED) is 0.776. The lowest BCUT2D eigenvalue weighted by Gasteiger charge is -2.12. The second kappa shape index (κ2) is 5.60. The molecule has 1 saturated heterocycles. The molecule has 122 valence electrons. The lowest BCUT2D eigenvalue weighted by Crippen LogP contribution is -2.22. The van der Waals surface area contributed by atoms with Crippen molar-refractivity contribution in [2.75, 3.05) is 18.4 Å². The maximum atomic E-state index is 4.82. The molecule has 4 heterocycles. The fourth-order valence-corrected chi connectivity index (χ4v) is 3.49. The van der Waals surface area contributed by atoms with Crippen LogP contribution in [0.3, 0.4) is 0 Å². The zero-order valence-electron chi connectivity index (χ0n) is 13.6. The standard InChI is InChI=1S/C19H21N5/c1-2-16(23-18(3-1)22-15-8-9-20-10-15)17-11-21-19-7-6-14(12-24(17)19)13-4-5-13/h1-3,6-7,11-13,15,20H,4-5,8-10H2,(H,22,23). The number of imidazole rings is 1. The van der Waals surface area contributed by atoms with Gasteiger partial charge in [0, 0.05) is 18.8 Å². The summed E-state index contributed by atoms with van der Waals surface area (Å²) in [4.78, 5) is 9.36. The van der Waals surface area contributed by atoms with Crippen LogP contribution in [0.5, 0.6) is 0 Å². The highest BCUT2D eigenvalue weighted by Gasteiger charge is 2.24. The minimum absolute atomic E-state index is 0.469. The van der Waals surface area contributed by atoms with E-state index >= 15 is 0 Å². The Morgan fingerprint density at radius 2 is 2.08 bits per heavy atom. The van der Waals surface area contributed by atoms with E-state index in [2.05, 4.69) is 50.5 Å². The molecule has 1 aliphatic carbocycles. The van der Waals surface area contributed by atoms with Crippen molar-refractivity contribution in [2.24, 2.45) is 0 Å². The number of anilines is 1. The van der Waals surface area contributed by atoms with Crippen molar-refractivity contribution < 1.29 is 0 Å². The minimum atomic E-state index is 0.469. The smallest absolute Gasteiger partial charge is 0.137 e. The Morgan fingerprint density at radius 1 is 1.12 bits per heavy atom. The molecule has 0 radical (unpaired) electrons. The molecule has 24 heavy (non-hydrogen) atoms. The van der Waals surface area contributed by atoms with Crippen molar-refractivity contribution >= 4 is 11.5 Å². The molecular weight excluding hydrogens is 298 g/mol. The van der Waals surface area contributed by atoms with Gasteiger partial charge in [-0.05, 0) is 55.5 Å². The summed E-state index contributed by atoms with van der Waals surface area (Å²) in [5.74, 6) is 1.68. The van der Waals surface area contributed by atoms with Crippen LogP contribution in [0.2, 0.25) is 0 Å². The molecule has 0 amide bonds. The summed E-state index contributed by atoms with van der Waals surface area (Å²) in [6.45, 7) is 2.08. The molecule has 0 aromatic carbocycles. The van der Waals surface area contributed by atoms with E-state index in [9.17, 15) is 0 Å². The van der Waals surface area contributed by atoms with E-state index in [0.29, 0.717) is 6.04 Å². The second-order valence-corrected chi connectivity index (χ2v) is 6.85. The van der Waals surface area contributed by atoms with Crippen LogP contribution >= 0.6 is 0 Å². The lowest BCUT2D eigenvalue weighted by atomic mass is 10.2. The molecule has 0 bridgehead atoms. The highest BCUT2D eigenvalue weighted by atomic mass is 15.1. The Balaban J connectivity index is 1.50. The number of hydrogen-bond donors (Lipinski definition) is 2. The molecular formula is C19H21N5. The van der Waals surface area contributed by atoms with Gasteiger partial charge in [0.25, 0.3) is 0 Å². The number of pyridine rings is 2. The number of aromatic nitrogens is 3. The van der Waals surface area contributed by atoms with E-state index in [-0.39, 0.29) is 0 Å². The third-order valence-corrected chi connectivity index (χ3v) is 5.00. The number of nitrogens with zero attached hydrogens (tertiary/aromatic N) is 3. The molecule has 3 aromatic heterocycles. The molecule has 1 unspecified atom stereocenters. The maximum Gasteiger partial charge on any atom is 0.137 e. The first-order chi connectivity index (χ1) is 11.9. The van der Waals surface area contributed by atoms with E-state index in [1.54, 1.807) is 0 Å². The Hall–Kier alpha value is -2.40. The Morgan fingerprint density at radius 3 is 2.92 bits per heavy atom. The van der Waals surface area contributed by atoms with Crippen molar-refractivity contribution in [1.29, 1.82) is 0 Å². The van der Waals surface area contributed by atoms with Gasteiger partial charge in [0.05, 0.1) is 17.6 Å². The Bertz CT molecular complexity index is 874. The number of fused-ring (bicyclic) bond motifs is 1. The molecule has 1 aliphatic heterocycles.